The standard InChI is InChI=1S/C23H28N2O3/c1-5-6-13-24-21(27)17-16-12-11-14-9-7-8-10-15(14)25(16)19(18(17)22(24)28)20(26)23(2,3)4/h7-12,16-19H,5-6,13H2,1-4H3/t16-,17+,18+,19-/m1/s1. The Morgan fingerprint density at radius 3 is 2.43 bits per heavy atom. The van der Waals surface area contributed by atoms with Gasteiger partial charge in [0.05, 0.1) is 17.9 Å². The molecule has 3 aliphatic heterocycles. The lowest BCUT2D eigenvalue weighted by Crippen LogP contribution is -2.51. The number of hydrogen-bond acceptors (Lipinski definition) is 4. The number of Topliss-reactive ketones (excluding diaryl/α,β-unsaturated/α-hetero) is 1. The van der Waals surface area contributed by atoms with Crippen LogP contribution in [0.4, 0.5) is 5.69 Å². The largest absolute Gasteiger partial charge is 0.353 e. The summed E-state index contributed by atoms with van der Waals surface area (Å²) in [6.45, 7) is 8.16. The molecule has 2 amide bonds. The lowest BCUT2D eigenvalue weighted by atomic mass is 9.79. The van der Waals surface area contributed by atoms with Gasteiger partial charge >= 0.3 is 0 Å². The number of carbonyl (C=O) groups is 3. The fourth-order valence-electron chi connectivity index (χ4n) is 4.86. The summed E-state index contributed by atoms with van der Waals surface area (Å²) in [5, 5.41) is 0. The smallest absolute Gasteiger partial charge is 0.235 e. The third-order valence-corrected chi connectivity index (χ3v) is 6.25. The van der Waals surface area contributed by atoms with E-state index in [0.717, 1.165) is 24.1 Å². The Morgan fingerprint density at radius 2 is 1.75 bits per heavy atom. The number of imide groups is 1. The van der Waals surface area contributed by atoms with Crippen LogP contribution in [0.15, 0.2) is 30.3 Å². The Bertz CT molecular complexity index is 867. The van der Waals surface area contributed by atoms with Crippen LogP contribution in [0.3, 0.4) is 0 Å². The highest BCUT2D eigenvalue weighted by Crippen LogP contribution is 2.49. The molecule has 2 fully saturated rings. The van der Waals surface area contributed by atoms with E-state index in [-0.39, 0.29) is 23.6 Å². The number of amides is 2. The highest BCUT2D eigenvalue weighted by atomic mass is 16.2. The molecule has 148 valence electrons. The summed E-state index contributed by atoms with van der Waals surface area (Å²) in [6.07, 6.45) is 5.73. The average Bonchev–Trinajstić information content (AvgIpc) is 3.12. The number of ketones is 1. The Labute approximate surface area is 166 Å². The van der Waals surface area contributed by atoms with Crippen molar-refractivity contribution in [1.29, 1.82) is 0 Å². The summed E-state index contributed by atoms with van der Waals surface area (Å²) >= 11 is 0. The van der Waals surface area contributed by atoms with Gasteiger partial charge in [-0.3, -0.25) is 19.3 Å². The topological polar surface area (TPSA) is 57.7 Å². The molecule has 3 aliphatic rings. The first-order valence-corrected chi connectivity index (χ1v) is 10.2. The van der Waals surface area contributed by atoms with E-state index in [9.17, 15) is 14.4 Å². The number of likely N-dealkylation sites (tertiary alicyclic amines) is 1. The molecular weight excluding hydrogens is 352 g/mol. The molecule has 0 N–H and O–H groups in total. The second-order valence-electron chi connectivity index (χ2n) is 9.11. The molecule has 5 heteroatoms. The summed E-state index contributed by atoms with van der Waals surface area (Å²) in [5.74, 6) is -1.35. The van der Waals surface area contributed by atoms with Crippen molar-refractivity contribution in [2.24, 2.45) is 17.3 Å². The highest BCUT2D eigenvalue weighted by Gasteiger charge is 2.64. The molecule has 0 saturated carbocycles. The van der Waals surface area contributed by atoms with Crippen molar-refractivity contribution in [1.82, 2.24) is 4.90 Å². The first-order valence-electron chi connectivity index (χ1n) is 10.2. The van der Waals surface area contributed by atoms with Gasteiger partial charge in [-0.2, -0.15) is 0 Å². The van der Waals surface area contributed by atoms with Gasteiger partial charge in [-0.15, -0.1) is 0 Å². The van der Waals surface area contributed by atoms with E-state index in [4.69, 9.17) is 0 Å². The SMILES string of the molecule is CCCCN1C(=O)[C@@H]2[C@H](C1=O)[C@H](C(=O)C(C)(C)C)N1c3ccccc3C=C[C@H]21. The molecule has 5 nitrogen and oxygen atoms in total. The van der Waals surface area contributed by atoms with E-state index in [0.29, 0.717) is 6.54 Å². The Morgan fingerprint density at radius 1 is 1.07 bits per heavy atom. The van der Waals surface area contributed by atoms with Gasteiger partial charge in [0.2, 0.25) is 11.8 Å². The number of unbranched alkanes of at least 4 members (excludes halogenated alkanes) is 1. The van der Waals surface area contributed by atoms with Crippen molar-refractivity contribution in [3.63, 3.8) is 0 Å². The molecule has 0 unspecified atom stereocenters. The molecule has 0 aromatic heterocycles. The van der Waals surface area contributed by atoms with Crippen LogP contribution < -0.4 is 4.90 Å². The van der Waals surface area contributed by atoms with E-state index in [1.807, 2.05) is 69.0 Å². The summed E-state index contributed by atoms with van der Waals surface area (Å²) in [7, 11) is 0. The quantitative estimate of drug-likeness (QED) is 0.752. The third-order valence-electron chi connectivity index (χ3n) is 6.25. The lowest BCUT2D eigenvalue weighted by molar-refractivity contribution is -0.142. The van der Waals surface area contributed by atoms with E-state index >= 15 is 0 Å². The summed E-state index contributed by atoms with van der Waals surface area (Å²) in [6, 6.07) is 7.04. The van der Waals surface area contributed by atoms with E-state index in [2.05, 4.69) is 0 Å². The van der Waals surface area contributed by atoms with Crippen molar-refractivity contribution in [3.05, 3.63) is 35.9 Å². The average molecular weight is 380 g/mol. The zero-order valence-corrected chi connectivity index (χ0v) is 17.0. The second-order valence-corrected chi connectivity index (χ2v) is 9.11. The number of fused-ring (bicyclic) bond motifs is 5. The fraction of sp³-hybridized carbons (Fsp3) is 0.522. The van der Waals surface area contributed by atoms with Crippen molar-refractivity contribution in [2.45, 2.75) is 52.6 Å². The molecular formula is C23H28N2O3. The maximum absolute atomic E-state index is 13.5. The third kappa shape index (κ3) is 2.63. The van der Waals surface area contributed by atoms with Crippen LogP contribution in [0.25, 0.3) is 6.08 Å². The van der Waals surface area contributed by atoms with Crippen molar-refractivity contribution in [3.8, 4) is 0 Å². The van der Waals surface area contributed by atoms with Crippen molar-refractivity contribution < 1.29 is 14.4 Å². The molecule has 0 spiro atoms. The molecule has 1 aromatic rings. The van der Waals surface area contributed by atoms with Crippen LogP contribution in [0, 0.1) is 17.3 Å². The van der Waals surface area contributed by atoms with Crippen LogP contribution in [-0.4, -0.2) is 41.1 Å². The molecule has 4 atom stereocenters. The fourth-order valence-corrected chi connectivity index (χ4v) is 4.86. The number of anilines is 1. The minimum atomic E-state index is -0.607. The number of benzene rings is 1. The molecule has 3 heterocycles. The maximum atomic E-state index is 13.5. The number of hydrogen-bond donors (Lipinski definition) is 0. The maximum Gasteiger partial charge on any atom is 0.235 e. The monoisotopic (exact) mass is 380 g/mol. The first kappa shape index (κ1) is 18.9. The predicted octanol–water partition coefficient (Wildman–Crippen LogP) is 3.29. The van der Waals surface area contributed by atoms with Gasteiger partial charge in [0.1, 0.15) is 6.04 Å². The first-order chi connectivity index (χ1) is 13.3. The van der Waals surface area contributed by atoms with E-state index in [1.165, 1.54) is 4.90 Å². The molecule has 0 radical (unpaired) electrons. The van der Waals surface area contributed by atoms with Crippen LogP contribution in [-0.2, 0) is 14.4 Å². The van der Waals surface area contributed by atoms with Gasteiger partial charge in [0.15, 0.2) is 5.78 Å². The normalized spacial score (nSPS) is 28.4. The van der Waals surface area contributed by atoms with Gasteiger partial charge in [0.25, 0.3) is 0 Å². The molecule has 28 heavy (non-hydrogen) atoms. The molecule has 4 rings (SSSR count). The van der Waals surface area contributed by atoms with Crippen LogP contribution >= 0.6 is 0 Å². The van der Waals surface area contributed by atoms with Crippen LogP contribution in [0.1, 0.15) is 46.1 Å². The van der Waals surface area contributed by atoms with Crippen LogP contribution in [0.2, 0.25) is 0 Å². The molecule has 0 aliphatic carbocycles. The number of rotatable bonds is 4. The molecule has 2 saturated heterocycles. The number of nitrogens with zero attached hydrogens (tertiary/aromatic N) is 2. The molecule has 1 aromatic carbocycles. The zero-order chi connectivity index (χ0) is 20.2. The van der Waals surface area contributed by atoms with Crippen LogP contribution in [0.5, 0.6) is 0 Å². The van der Waals surface area contributed by atoms with Gasteiger partial charge in [-0.1, -0.05) is 64.5 Å². The lowest BCUT2D eigenvalue weighted by Gasteiger charge is -2.38. The number of para-hydroxylation sites is 1. The minimum absolute atomic E-state index is 0.0218. The predicted molar refractivity (Wildman–Crippen MR) is 109 cm³/mol. The Kier molecular flexibility index (Phi) is 4.44. The van der Waals surface area contributed by atoms with Gasteiger partial charge < -0.3 is 4.90 Å². The summed E-state index contributed by atoms with van der Waals surface area (Å²) in [4.78, 5) is 43.5. The van der Waals surface area contributed by atoms with Gasteiger partial charge in [-0.25, -0.2) is 0 Å². The second kappa shape index (κ2) is 6.57. The minimum Gasteiger partial charge on any atom is -0.353 e. The number of carbonyl (C=O) groups excluding carboxylic acids is 3. The molecule has 0 bridgehead atoms. The van der Waals surface area contributed by atoms with E-state index in [1.54, 1.807) is 0 Å². The zero-order valence-electron chi connectivity index (χ0n) is 17.0. The Hall–Kier alpha value is -2.43. The van der Waals surface area contributed by atoms with Crippen molar-refractivity contribution >= 4 is 29.4 Å². The highest BCUT2D eigenvalue weighted by molar-refractivity contribution is 6.11. The van der Waals surface area contributed by atoms with Gasteiger partial charge in [0, 0.05) is 17.6 Å². The van der Waals surface area contributed by atoms with Crippen molar-refractivity contribution in [2.75, 3.05) is 11.4 Å². The summed E-state index contributed by atoms with van der Waals surface area (Å²) < 4.78 is 0. The van der Waals surface area contributed by atoms with Gasteiger partial charge in [-0.05, 0) is 18.1 Å². The Balaban J connectivity index is 1.82. The van der Waals surface area contributed by atoms with E-state index < -0.39 is 23.3 Å². The summed E-state index contributed by atoms with van der Waals surface area (Å²) in [5.41, 5.74) is 1.36.